The Bertz CT molecular complexity index is 2510. The molecule has 0 radical (unpaired) electrons. The number of aromatic nitrogens is 1. The van der Waals surface area contributed by atoms with Crippen molar-refractivity contribution in [2.75, 3.05) is 0 Å². The molecule has 1 heterocycles. The lowest BCUT2D eigenvalue weighted by Gasteiger charge is -2.23. The summed E-state index contributed by atoms with van der Waals surface area (Å²) in [5.41, 5.74) is 7.00. The second-order valence-electron chi connectivity index (χ2n) is 13.1. The Kier molecular flexibility index (Phi) is 6.16. The predicted octanol–water partition coefficient (Wildman–Crippen LogP) is 10.2. The van der Waals surface area contributed by atoms with Crippen molar-refractivity contribution in [1.29, 1.82) is 0 Å². The van der Waals surface area contributed by atoms with Crippen LogP contribution < -0.4 is 15.9 Å². The van der Waals surface area contributed by atoms with E-state index in [1.807, 2.05) is 79.0 Å². The Morgan fingerprint density at radius 1 is 0.468 bits per heavy atom. The first-order valence-electron chi connectivity index (χ1n) is 16.2. The molecule has 8 aromatic rings. The summed E-state index contributed by atoms with van der Waals surface area (Å²) in [5, 5.41) is 10.1. The molecular formula is C44H32NOP. The molecule has 0 spiro atoms. The quantitative estimate of drug-likeness (QED) is 0.145. The fourth-order valence-electron chi connectivity index (χ4n) is 7.76. The highest BCUT2D eigenvalue weighted by atomic mass is 31.2. The van der Waals surface area contributed by atoms with Gasteiger partial charge in [0.05, 0.1) is 5.69 Å². The highest BCUT2D eigenvalue weighted by molar-refractivity contribution is 7.85. The molecule has 1 aliphatic rings. The van der Waals surface area contributed by atoms with Crippen LogP contribution in [0, 0.1) is 0 Å². The number of benzene rings is 7. The number of hydrogen-bond acceptors (Lipinski definition) is 2. The zero-order chi connectivity index (χ0) is 31.8. The summed E-state index contributed by atoms with van der Waals surface area (Å²) in [5.74, 6) is 0. The normalized spacial score (nSPS) is 13.6. The highest BCUT2D eigenvalue weighted by Gasteiger charge is 2.36. The fourth-order valence-corrected chi connectivity index (χ4v) is 10.3. The van der Waals surface area contributed by atoms with Crippen LogP contribution in [0.25, 0.3) is 54.7 Å². The van der Waals surface area contributed by atoms with E-state index >= 15 is 0 Å². The second-order valence-corrected chi connectivity index (χ2v) is 15.9. The van der Waals surface area contributed by atoms with Crippen molar-refractivity contribution in [2.24, 2.45) is 0 Å². The summed E-state index contributed by atoms with van der Waals surface area (Å²) in [7, 11) is -3.08. The van der Waals surface area contributed by atoms with Crippen molar-refractivity contribution in [3.63, 3.8) is 0 Å². The van der Waals surface area contributed by atoms with Gasteiger partial charge in [-0.3, -0.25) is 4.98 Å². The van der Waals surface area contributed by atoms with Gasteiger partial charge in [-0.25, -0.2) is 0 Å². The summed E-state index contributed by atoms with van der Waals surface area (Å²) in [4.78, 5) is 4.93. The van der Waals surface area contributed by atoms with Crippen molar-refractivity contribution in [3.05, 3.63) is 169 Å². The summed E-state index contributed by atoms with van der Waals surface area (Å²) in [6.07, 6.45) is 1.81. The summed E-state index contributed by atoms with van der Waals surface area (Å²) >= 11 is 0. The third-order valence-corrected chi connectivity index (χ3v) is 13.2. The van der Waals surface area contributed by atoms with Crippen molar-refractivity contribution in [3.8, 4) is 22.4 Å². The Hall–Kier alpha value is -5.30. The van der Waals surface area contributed by atoms with Crippen LogP contribution in [-0.2, 0) is 9.98 Å². The van der Waals surface area contributed by atoms with Crippen LogP contribution in [0.4, 0.5) is 0 Å². The third-order valence-electron chi connectivity index (χ3n) is 10.2. The molecule has 0 saturated heterocycles. The highest BCUT2D eigenvalue weighted by Crippen LogP contribution is 2.52. The topological polar surface area (TPSA) is 30.0 Å². The Labute approximate surface area is 274 Å². The van der Waals surface area contributed by atoms with Gasteiger partial charge in [-0.05, 0) is 84.9 Å². The molecule has 224 valence electrons. The van der Waals surface area contributed by atoms with Crippen molar-refractivity contribution in [2.45, 2.75) is 19.3 Å². The molecule has 7 aromatic carbocycles. The van der Waals surface area contributed by atoms with E-state index in [-0.39, 0.29) is 5.41 Å². The van der Waals surface area contributed by atoms with Gasteiger partial charge in [-0.15, -0.1) is 0 Å². The summed E-state index contributed by atoms with van der Waals surface area (Å²) in [6.45, 7) is 4.67. The average Bonchev–Trinajstić information content (AvgIpc) is 3.36. The molecule has 0 unspecified atom stereocenters. The van der Waals surface area contributed by atoms with Crippen molar-refractivity contribution in [1.82, 2.24) is 4.98 Å². The maximum atomic E-state index is 14.9. The summed E-state index contributed by atoms with van der Waals surface area (Å²) in [6, 6.07) is 52.7. The van der Waals surface area contributed by atoms with Gasteiger partial charge in [0.15, 0.2) is 7.14 Å². The first kappa shape index (κ1) is 28.0. The van der Waals surface area contributed by atoms with Gasteiger partial charge in [0.25, 0.3) is 0 Å². The molecule has 0 fully saturated rings. The predicted molar refractivity (Wildman–Crippen MR) is 199 cm³/mol. The van der Waals surface area contributed by atoms with E-state index in [9.17, 15) is 4.57 Å². The molecular weight excluding hydrogens is 589 g/mol. The second kappa shape index (κ2) is 10.4. The minimum Gasteiger partial charge on any atom is -0.309 e. The SMILES string of the molecule is CC1(C)c2cc(-c3ccc(P(=O)(c4ccccc4)c4ccccc4)cn3)ccc2-c2cc3c4ccccc4c4ccccc4c3cc21. The molecule has 3 heteroatoms. The molecule has 1 aromatic heterocycles. The van der Waals surface area contributed by atoms with Gasteiger partial charge >= 0.3 is 0 Å². The summed E-state index contributed by atoms with van der Waals surface area (Å²) < 4.78 is 14.9. The molecule has 9 rings (SSSR count). The van der Waals surface area contributed by atoms with Crippen LogP contribution >= 0.6 is 7.14 Å². The van der Waals surface area contributed by atoms with Crippen LogP contribution in [0.1, 0.15) is 25.0 Å². The van der Waals surface area contributed by atoms with Gasteiger partial charge in [-0.1, -0.05) is 135 Å². The maximum Gasteiger partial charge on any atom is 0.172 e. The lowest BCUT2D eigenvalue weighted by atomic mass is 9.80. The molecule has 0 saturated carbocycles. The standard InChI is InChI=1S/C44H32NOP/c1-44(2)41-25-29(43-24-22-32(28-45-43)47(46,30-13-5-3-6-14-30)31-15-7-4-8-16-31)21-23-37(41)40-26-38-35-19-11-9-17-33(35)34-18-10-12-20-36(34)39(38)27-42(40)44/h3-28H,1-2H3. The van der Waals surface area contributed by atoms with Crippen LogP contribution in [0.2, 0.25) is 0 Å². The smallest absolute Gasteiger partial charge is 0.172 e. The Balaban J connectivity index is 1.16. The van der Waals surface area contributed by atoms with E-state index < -0.39 is 7.14 Å². The lowest BCUT2D eigenvalue weighted by Crippen LogP contribution is -2.25. The largest absolute Gasteiger partial charge is 0.309 e. The Morgan fingerprint density at radius 3 is 1.53 bits per heavy atom. The average molecular weight is 622 g/mol. The van der Waals surface area contributed by atoms with Gasteiger partial charge in [0, 0.05) is 33.1 Å². The molecule has 2 nitrogen and oxygen atoms in total. The van der Waals surface area contributed by atoms with Gasteiger partial charge in [-0.2, -0.15) is 0 Å². The number of nitrogens with zero attached hydrogens (tertiary/aromatic N) is 1. The molecule has 0 amide bonds. The van der Waals surface area contributed by atoms with E-state index in [0.717, 1.165) is 27.2 Å². The van der Waals surface area contributed by atoms with Crippen molar-refractivity contribution >= 4 is 55.4 Å². The molecule has 0 aliphatic heterocycles. The van der Waals surface area contributed by atoms with E-state index in [1.165, 1.54) is 54.6 Å². The van der Waals surface area contributed by atoms with Crippen LogP contribution in [0.3, 0.4) is 0 Å². The number of fused-ring (bicyclic) bond motifs is 9. The number of pyridine rings is 1. The maximum absolute atomic E-state index is 14.9. The fraction of sp³-hybridized carbons (Fsp3) is 0.0682. The van der Waals surface area contributed by atoms with Crippen LogP contribution in [-0.4, -0.2) is 4.98 Å². The van der Waals surface area contributed by atoms with Gasteiger partial charge in [0.2, 0.25) is 0 Å². The van der Waals surface area contributed by atoms with E-state index in [2.05, 4.69) is 92.7 Å². The van der Waals surface area contributed by atoms with Crippen molar-refractivity contribution < 1.29 is 4.57 Å². The van der Waals surface area contributed by atoms with E-state index in [4.69, 9.17) is 4.98 Å². The first-order valence-corrected chi connectivity index (χ1v) is 17.9. The zero-order valence-electron chi connectivity index (χ0n) is 26.3. The van der Waals surface area contributed by atoms with Crippen LogP contribution in [0.5, 0.6) is 0 Å². The van der Waals surface area contributed by atoms with E-state index in [0.29, 0.717) is 0 Å². The number of rotatable bonds is 4. The van der Waals surface area contributed by atoms with Gasteiger partial charge in [0.1, 0.15) is 0 Å². The van der Waals surface area contributed by atoms with Gasteiger partial charge < -0.3 is 4.57 Å². The third kappa shape index (κ3) is 4.12. The molecule has 0 N–H and O–H groups in total. The van der Waals surface area contributed by atoms with Crippen LogP contribution in [0.15, 0.2) is 158 Å². The molecule has 47 heavy (non-hydrogen) atoms. The minimum atomic E-state index is -3.08. The molecule has 1 aliphatic carbocycles. The molecule has 0 bridgehead atoms. The minimum absolute atomic E-state index is 0.183. The Morgan fingerprint density at radius 2 is 0.979 bits per heavy atom. The van der Waals surface area contributed by atoms with E-state index in [1.54, 1.807) is 0 Å². The zero-order valence-corrected chi connectivity index (χ0v) is 27.2. The first-order chi connectivity index (χ1) is 22.9. The molecule has 0 atom stereocenters. The lowest BCUT2D eigenvalue weighted by molar-refractivity contribution is 0.592. The monoisotopic (exact) mass is 621 g/mol. The number of hydrogen-bond donors (Lipinski definition) is 0.